The Labute approximate surface area is 191 Å². The van der Waals surface area contributed by atoms with Gasteiger partial charge in [-0.2, -0.15) is 15.0 Å². The number of imidazole rings is 1. The summed E-state index contributed by atoms with van der Waals surface area (Å²) in [6.45, 7) is 0. The molecule has 0 bridgehead atoms. The molecule has 9 nitrogen and oxygen atoms in total. The summed E-state index contributed by atoms with van der Waals surface area (Å²) in [7, 11) is 0. The van der Waals surface area contributed by atoms with Gasteiger partial charge in [0.05, 0.1) is 21.9 Å². The van der Waals surface area contributed by atoms with Crippen LogP contribution in [0, 0.1) is 0 Å². The Kier molecular flexibility index (Phi) is 5.56. The Bertz CT molecular complexity index is 1180. The minimum Gasteiger partial charge on any atom is -0.351 e. The second kappa shape index (κ2) is 8.49. The number of hydrogen-bond donors (Lipinski definition) is 3. The Balaban J connectivity index is 1.27. The molecule has 4 aromatic rings. The standard InChI is InChI=1S/C19H17Cl3N8O/c20-10-5-12(21)15(13(22)6-10)28-19-27-14-7-23-18(29-16(14)30-19)26-11-3-1-9(2-4-11)17-24-8-25-31-17/h5-9,11H,1-4H2,(H3,23,26,27,28,29,30). The van der Waals surface area contributed by atoms with Gasteiger partial charge in [0.25, 0.3) is 0 Å². The van der Waals surface area contributed by atoms with Crippen LogP contribution in [0.2, 0.25) is 15.1 Å². The monoisotopic (exact) mass is 478 g/mol. The van der Waals surface area contributed by atoms with Crippen molar-refractivity contribution in [3.05, 3.63) is 45.6 Å². The SMILES string of the molecule is Clc1cc(Cl)c(Nc2nc3nc(NC4CCC(c5ncno5)CC4)ncc3[nH]2)c(Cl)c1. The zero-order valence-corrected chi connectivity index (χ0v) is 18.3. The molecule has 0 radical (unpaired) electrons. The molecule has 1 aromatic carbocycles. The van der Waals surface area contributed by atoms with Crippen LogP contribution >= 0.6 is 34.8 Å². The molecule has 12 heteroatoms. The van der Waals surface area contributed by atoms with Crippen LogP contribution in [0.3, 0.4) is 0 Å². The van der Waals surface area contributed by atoms with Crippen LogP contribution in [-0.2, 0) is 0 Å². The maximum atomic E-state index is 6.24. The van der Waals surface area contributed by atoms with Gasteiger partial charge >= 0.3 is 0 Å². The Morgan fingerprint density at radius 3 is 2.48 bits per heavy atom. The summed E-state index contributed by atoms with van der Waals surface area (Å²) in [5.74, 6) is 2.02. The Morgan fingerprint density at radius 2 is 1.77 bits per heavy atom. The number of fused-ring (bicyclic) bond motifs is 1. The van der Waals surface area contributed by atoms with Crippen LogP contribution in [0.25, 0.3) is 11.2 Å². The average Bonchev–Trinajstić information content (AvgIpc) is 3.41. The van der Waals surface area contributed by atoms with Crippen molar-refractivity contribution >= 4 is 63.6 Å². The van der Waals surface area contributed by atoms with E-state index in [1.165, 1.54) is 6.33 Å². The molecule has 1 saturated carbocycles. The fourth-order valence-electron chi connectivity index (χ4n) is 3.75. The average molecular weight is 480 g/mol. The molecule has 31 heavy (non-hydrogen) atoms. The van der Waals surface area contributed by atoms with Gasteiger partial charge in [0.1, 0.15) is 5.52 Å². The third kappa shape index (κ3) is 4.39. The number of H-pyrrole nitrogens is 1. The van der Waals surface area contributed by atoms with Crippen LogP contribution in [0.4, 0.5) is 17.6 Å². The fourth-order valence-corrected chi connectivity index (χ4v) is 4.66. The normalized spacial score (nSPS) is 18.9. The minimum atomic E-state index is 0.278. The van der Waals surface area contributed by atoms with E-state index >= 15 is 0 Å². The van der Waals surface area contributed by atoms with Crippen molar-refractivity contribution in [3.63, 3.8) is 0 Å². The number of hydrogen-bond acceptors (Lipinski definition) is 8. The second-order valence-electron chi connectivity index (χ2n) is 7.36. The number of rotatable bonds is 5. The minimum absolute atomic E-state index is 0.278. The van der Waals surface area contributed by atoms with Gasteiger partial charge in [0.15, 0.2) is 12.0 Å². The summed E-state index contributed by atoms with van der Waals surface area (Å²) in [6, 6.07) is 3.49. The zero-order valence-electron chi connectivity index (χ0n) is 16.1. The molecule has 0 atom stereocenters. The highest BCUT2D eigenvalue weighted by Gasteiger charge is 2.26. The highest BCUT2D eigenvalue weighted by molar-refractivity contribution is 6.41. The fraction of sp³-hybridized carbons (Fsp3) is 0.316. The molecule has 3 heterocycles. The van der Waals surface area contributed by atoms with Crippen LogP contribution in [0.1, 0.15) is 37.5 Å². The molecule has 5 rings (SSSR count). The first kappa shape index (κ1) is 20.3. The first-order chi connectivity index (χ1) is 15.0. The lowest BCUT2D eigenvalue weighted by Gasteiger charge is -2.27. The van der Waals surface area contributed by atoms with Gasteiger partial charge in [-0.1, -0.05) is 40.0 Å². The smallest absolute Gasteiger partial charge is 0.229 e. The molecule has 0 spiro atoms. The summed E-state index contributed by atoms with van der Waals surface area (Å²) in [4.78, 5) is 20.7. The summed E-state index contributed by atoms with van der Waals surface area (Å²) in [5, 5.41) is 11.4. The van der Waals surface area contributed by atoms with Gasteiger partial charge in [-0.3, -0.25) is 0 Å². The van der Waals surface area contributed by atoms with Crippen molar-refractivity contribution in [3.8, 4) is 0 Å². The van der Waals surface area contributed by atoms with Gasteiger partial charge in [-0.15, -0.1) is 0 Å². The molecule has 0 aliphatic heterocycles. The van der Waals surface area contributed by atoms with E-state index < -0.39 is 0 Å². The van der Waals surface area contributed by atoms with Crippen molar-refractivity contribution in [2.45, 2.75) is 37.6 Å². The summed E-state index contributed by atoms with van der Waals surface area (Å²) in [6.07, 6.45) is 7.02. The predicted octanol–water partition coefficient (Wildman–Crippen LogP) is 5.58. The first-order valence-electron chi connectivity index (χ1n) is 9.72. The molecule has 1 aliphatic rings. The van der Waals surface area contributed by atoms with Crippen molar-refractivity contribution < 1.29 is 4.52 Å². The summed E-state index contributed by atoms with van der Waals surface area (Å²) < 4.78 is 5.19. The number of nitrogens with zero attached hydrogens (tertiary/aromatic N) is 5. The predicted molar refractivity (Wildman–Crippen MR) is 119 cm³/mol. The molecule has 1 aliphatic carbocycles. The maximum absolute atomic E-state index is 6.24. The molecule has 0 amide bonds. The molecule has 3 aromatic heterocycles. The number of halogens is 3. The van der Waals surface area contributed by atoms with Gasteiger partial charge < -0.3 is 20.1 Å². The van der Waals surface area contributed by atoms with Gasteiger partial charge in [0, 0.05) is 17.0 Å². The molecule has 0 saturated heterocycles. The number of anilines is 3. The van der Waals surface area contributed by atoms with Crippen molar-refractivity contribution in [1.29, 1.82) is 0 Å². The quantitative estimate of drug-likeness (QED) is 0.339. The van der Waals surface area contributed by atoms with E-state index in [9.17, 15) is 0 Å². The van der Waals surface area contributed by atoms with Crippen LogP contribution in [0.5, 0.6) is 0 Å². The number of aromatic nitrogens is 6. The molecule has 160 valence electrons. The lowest BCUT2D eigenvalue weighted by Crippen LogP contribution is -2.26. The first-order valence-corrected chi connectivity index (χ1v) is 10.9. The largest absolute Gasteiger partial charge is 0.351 e. The van der Waals surface area contributed by atoms with Crippen LogP contribution in [-0.4, -0.2) is 36.1 Å². The molecule has 1 fully saturated rings. The number of benzene rings is 1. The zero-order chi connectivity index (χ0) is 21.4. The van der Waals surface area contributed by atoms with E-state index in [1.807, 2.05) is 0 Å². The summed E-state index contributed by atoms with van der Waals surface area (Å²) >= 11 is 18.4. The highest BCUT2D eigenvalue weighted by Crippen LogP contribution is 2.35. The van der Waals surface area contributed by atoms with Crippen molar-refractivity contribution in [2.24, 2.45) is 0 Å². The lowest BCUT2D eigenvalue weighted by molar-refractivity contribution is 0.305. The van der Waals surface area contributed by atoms with Crippen molar-refractivity contribution in [1.82, 2.24) is 30.1 Å². The van der Waals surface area contributed by atoms with E-state index in [2.05, 4.69) is 40.7 Å². The Hall–Kier alpha value is -2.62. The van der Waals surface area contributed by atoms with Crippen LogP contribution in [0.15, 0.2) is 29.2 Å². The van der Waals surface area contributed by atoms with Gasteiger partial charge in [-0.25, -0.2) is 4.98 Å². The summed E-state index contributed by atoms with van der Waals surface area (Å²) in [5.41, 5.74) is 1.73. The molecular formula is C19H17Cl3N8O. The van der Waals surface area contributed by atoms with Crippen LogP contribution < -0.4 is 10.6 Å². The van der Waals surface area contributed by atoms with Gasteiger partial charge in [0.2, 0.25) is 17.8 Å². The van der Waals surface area contributed by atoms with Crippen molar-refractivity contribution in [2.75, 3.05) is 10.6 Å². The Morgan fingerprint density at radius 1 is 1.00 bits per heavy atom. The van der Waals surface area contributed by atoms with E-state index in [0.29, 0.717) is 55.6 Å². The van der Waals surface area contributed by atoms with E-state index in [0.717, 1.165) is 25.7 Å². The van der Waals surface area contributed by atoms with E-state index in [1.54, 1.807) is 18.3 Å². The highest BCUT2D eigenvalue weighted by atomic mass is 35.5. The van der Waals surface area contributed by atoms with Gasteiger partial charge in [-0.05, 0) is 37.8 Å². The lowest BCUT2D eigenvalue weighted by atomic mass is 9.86. The maximum Gasteiger partial charge on any atom is 0.229 e. The topological polar surface area (TPSA) is 117 Å². The number of aromatic amines is 1. The molecule has 0 unspecified atom stereocenters. The third-order valence-corrected chi connectivity index (χ3v) is 6.09. The molecule has 3 N–H and O–H groups in total. The van der Waals surface area contributed by atoms with E-state index in [-0.39, 0.29) is 6.04 Å². The molecular weight excluding hydrogens is 463 g/mol. The second-order valence-corrected chi connectivity index (χ2v) is 8.61. The van der Waals surface area contributed by atoms with E-state index in [4.69, 9.17) is 39.3 Å². The number of nitrogens with one attached hydrogen (secondary N) is 3. The third-order valence-electron chi connectivity index (χ3n) is 5.28.